The highest BCUT2D eigenvalue weighted by molar-refractivity contribution is 7.07. The molecule has 1 fully saturated rings. The molecule has 0 bridgehead atoms. The maximum absolute atomic E-state index is 12.1. The fourth-order valence-corrected chi connectivity index (χ4v) is 3.00. The standard InChI is InChI=1S/C12H19N3O2S.ClH/c1-9-7-13-4-6-14(9)11(16)3-5-15-10(2)8-18-12(15)17;/h8-9,13H,3-7H2,1-2H3;1H. The fourth-order valence-electron chi connectivity index (χ4n) is 2.24. The number of halogens is 1. The summed E-state index contributed by atoms with van der Waals surface area (Å²) < 4.78 is 1.68. The number of nitrogens with zero attached hydrogens (tertiary/aromatic N) is 2. The van der Waals surface area contributed by atoms with Gasteiger partial charge in [0.2, 0.25) is 5.91 Å². The van der Waals surface area contributed by atoms with Gasteiger partial charge in [0, 0.05) is 49.7 Å². The second-order valence-corrected chi connectivity index (χ2v) is 5.51. The molecule has 0 spiro atoms. The van der Waals surface area contributed by atoms with E-state index in [4.69, 9.17) is 0 Å². The lowest BCUT2D eigenvalue weighted by atomic mass is 10.2. The number of hydrogen-bond donors (Lipinski definition) is 1. The number of piperazine rings is 1. The Kier molecular flexibility index (Phi) is 6.03. The lowest BCUT2D eigenvalue weighted by Crippen LogP contribution is -2.52. The van der Waals surface area contributed by atoms with Crippen LogP contribution in [0.15, 0.2) is 10.2 Å². The van der Waals surface area contributed by atoms with Gasteiger partial charge in [0.1, 0.15) is 0 Å². The first-order valence-corrected chi connectivity index (χ1v) is 7.12. The Morgan fingerprint density at radius 2 is 2.32 bits per heavy atom. The first-order valence-electron chi connectivity index (χ1n) is 6.24. The van der Waals surface area contributed by atoms with Gasteiger partial charge in [-0.2, -0.15) is 0 Å². The van der Waals surface area contributed by atoms with Crippen LogP contribution in [0.2, 0.25) is 0 Å². The molecule has 19 heavy (non-hydrogen) atoms. The van der Waals surface area contributed by atoms with Gasteiger partial charge in [-0.15, -0.1) is 12.4 Å². The number of aryl methyl sites for hydroxylation is 1. The fraction of sp³-hybridized carbons (Fsp3) is 0.667. The van der Waals surface area contributed by atoms with Gasteiger partial charge >= 0.3 is 4.87 Å². The Morgan fingerprint density at radius 3 is 2.89 bits per heavy atom. The van der Waals surface area contributed by atoms with E-state index in [-0.39, 0.29) is 29.2 Å². The van der Waals surface area contributed by atoms with Crippen molar-refractivity contribution in [1.82, 2.24) is 14.8 Å². The van der Waals surface area contributed by atoms with Gasteiger partial charge in [0.05, 0.1) is 0 Å². The average Bonchev–Trinajstić information content (AvgIpc) is 2.67. The molecule has 1 unspecified atom stereocenters. The van der Waals surface area contributed by atoms with E-state index in [1.165, 1.54) is 11.3 Å². The van der Waals surface area contributed by atoms with Crippen molar-refractivity contribution in [2.45, 2.75) is 32.9 Å². The smallest absolute Gasteiger partial charge is 0.307 e. The molecule has 1 aliphatic rings. The van der Waals surface area contributed by atoms with E-state index in [9.17, 15) is 9.59 Å². The lowest BCUT2D eigenvalue weighted by molar-refractivity contribution is -0.134. The van der Waals surface area contributed by atoms with E-state index < -0.39 is 0 Å². The molecule has 108 valence electrons. The number of amides is 1. The van der Waals surface area contributed by atoms with Crippen LogP contribution in [0.5, 0.6) is 0 Å². The quantitative estimate of drug-likeness (QED) is 0.901. The minimum atomic E-state index is 0. The van der Waals surface area contributed by atoms with Gasteiger partial charge in [0.15, 0.2) is 0 Å². The third-order valence-corrected chi connectivity index (χ3v) is 4.23. The predicted octanol–water partition coefficient (Wildman–Crippen LogP) is 0.850. The zero-order valence-electron chi connectivity index (χ0n) is 11.2. The third kappa shape index (κ3) is 3.81. The second-order valence-electron chi connectivity index (χ2n) is 4.68. The molecule has 1 atom stereocenters. The molecule has 1 aromatic rings. The minimum absolute atomic E-state index is 0. The molecular weight excluding hydrogens is 286 g/mol. The molecule has 5 nitrogen and oxygen atoms in total. The highest BCUT2D eigenvalue weighted by Crippen LogP contribution is 2.07. The van der Waals surface area contributed by atoms with E-state index >= 15 is 0 Å². The van der Waals surface area contributed by atoms with Gasteiger partial charge in [-0.25, -0.2) is 0 Å². The number of nitrogens with one attached hydrogen (secondary N) is 1. The van der Waals surface area contributed by atoms with Gasteiger partial charge in [-0.1, -0.05) is 11.3 Å². The number of hydrogen-bond acceptors (Lipinski definition) is 4. The van der Waals surface area contributed by atoms with Crippen molar-refractivity contribution in [1.29, 1.82) is 0 Å². The van der Waals surface area contributed by atoms with Crippen LogP contribution in [0.3, 0.4) is 0 Å². The average molecular weight is 306 g/mol. The normalized spacial score (nSPS) is 19.1. The summed E-state index contributed by atoms with van der Waals surface area (Å²) >= 11 is 1.19. The Balaban J connectivity index is 0.00000180. The van der Waals surface area contributed by atoms with Gasteiger partial charge in [-0.3, -0.25) is 9.59 Å². The van der Waals surface area contributed by atoms with Crippen LogP contribution >= 0.6 is 23.7 Å². The number of thiazole rings is 1. The van der Waals surface area contributed by atoms with E-state index in [1.54, 1.807) is 4.57 Å². The SMILES string of the molecule is Cc1csc(=O)n1CCC(=O)N1CCNCC1C.Cl. The van der Waals surface area contributed by atoms with E-state index in [0.717, 1.165) is 25.3 Å². The second kappa shape index (κ2) is 7.07. The Bertz CT molecular complexity index is 486. The summed E-state index contributed by atoms with van der Waals surface area (Å²) in [7, 11) is 0. The van der Waals surface area contributed by atoms with Gasteiger partial charge in [-0.05, 0) is 13.8 Å². The molecule has 0 aromatic carbocycles. The van der Waals surface area contributed by atoms with Gasteiger partial charge in [0.25, 0.3) is 0 Å². The molecule has 1 saturated heterocycles. The summed E-state index contributed by atoms with van der Waals surface area (Å²) in [6, 6.07) is 0.242. The first kappa shape index (κ1) is 16.2. The lowest BCUT2D eigenvalue weighted by Gasteiger charge is -2.34. The molecule has 0 saturated carbocycles. The molecule has 1 N–H and O–H groups in total. The minimum Gasteiger partial charge on any atom is -0.337 e. The van der Waals surface area contributed by atoms with Crippen molar-refractivity contribution < 1.29 is 4.79 Å². The van der Waals surface area contributed by atoms with Crippen LogP contribution in [-0.4, -0.2) is 41.1 Å². The Hall–Kier alpha value is -0.850. The molecule has 7 heteroatoms. The van der Waals surface area contributed by atoms with Crippen LogP contribution < -0.4 is 10.2 Å². The first-order chi connectivity index (χ1) is 8.59. The summed E-state index contributed by atoms with van der Waals surface area (Å²) in [5.74, 6) is 0.140. The maximum Gasteiger partial charge on any atom is 0.307 e. The molecule has 0 aliphatic carbocycles. The molecule has 2 rings (SSSR count). The van der Waals surface area contributed by atoms with Crippen molar-refractivity contribution in [3.8, 4) is 0 Å². The molecule has 2 heterocycles. The summed E-state index contributed by atoms with van der Waals surface area (Å²) in [5.41, 5.74) is 0.936. The Labute approximate surface area is 123 Å². The monoisotopic (exact) mass is 305 g/mol. The van der Waals surface area contributed by atoms with Crippen LogP contribution in [0.1, 0.15) is 19.0 Å². The van der Waals surface area contributed by atoms with Crippen molar-refractivity contribution in [2.24, 2.45) is 0 Å². The van der Waals surface area contributed by atoms with Crippen molar-refractivity contribution >= 4 is 29.7 Å². The summed E-state index contributed by atoms with van der Waals surface area (Å²) in [6.45, 7) is 6.90. The van der Waals surface area contributed by atoms with Crippen molar-refractivity contribution in [3.63, 3.8) is 0 Å². The highest BCUT2D eigenvalue weighted by atomic mass is 35.5. The van der Waals surface area contributed by atoms with E-state index in [2.05, 4.69) is 5.32 Å². The molecule has 0 radical (unpaired) electrons. The summed E-state index contributed by atoms with van der Waals surface area (Å²) in [5, 5.41) is 5.09. The zero-order chi connectivity index (χ0) is 13.1. The number of aromatic nitrogens is 1. The third-order valence-electron chi connectivity index (χ3n) is 3.35. The van der Waals surface area contributed by atoms with Crippen LogP contribution in [0.25, 0.3) is 0 Å². The van der Waals surface area contributed by atoms with Crippen molar-refractivity contribution in [2.75, 3.05) is 19.6 Å². The zero-order valence-corrected chi connectivity index (χ0v) is 12.9. The molecule has 1 aromatic heterocycles. The molecular formula is C12H20ClN3O2S. The van der Waals surface area contributed by atoms with Crippen LogP contribution in [0, 0.1) is 6.92 Å². The summed E-state index contributed by atoms with van der Waals surface area (Å²) in [4.78, 5) is 25.6. The summed E-state index contributed by atoms with van der Waals surface area (Å²) in [6.07, 6.45) is 0.405. The number of carbonyl (C=O) groups excluding carboxylic acids is 1. The topological polar surface area (TPSA) is 54.3 Å². The predicted molar refractivity (Wildman–Crippen MR) is 79.2 cm³/mol. The van der Waals surface area contributed by atoms with Crippen LogP contribution in [-0.2, 0) is 11.3 Å². The van der Waals surface area contributed by atoms with E-state index in [1.807, 2.05) is 24.1 Å². The van der Waals surface area contributed by atoms with Gasteiger partial charge < -0.3 is 14.8 Å². The maximum atomic E-state index is 12.1. The highest BCUT2D eigenvalue weighted by Gasteiger charge is 2.22. The number of carbonyl (C=O) groups is 1. The largest absolute Gasteiger partial charge is 0.337 e. The number of rotatable bonds is 3. The van der Waals surface area contributed by atoms with E-state index in [0.29, 0.717) is 13.0 Å². The van der Waals surface area contributed by atoms with Crippen LogP contribution in [0.4, 0.5) is 0 Å². The Morgan fingerprint density at radius 1 is 1.58 bits per heavy atom. The van der Waals surface area contributed by atoms with Crippen molar-refractivity contribution in [3.05, 3.63) is 20.7 Å². The molecule has 1 amide bonds. The molecule has 1 aliphatic heterocycles.